The Morgan fingerprint density at radius 2 is 1.82 bits per heavy atom. The summed E-state index contributed by atoms with van der Waals surface area (Å²) in [4.78, 5) is 28.4. The van der Waals surface area contributed by atoms with Gasteiger partial charge >= 0.3 is 6.03 Å². The highest BCUT2D eigenvalue weighted by Gasteiger charge is 2.29. The Morgan fingerprint density at radius 1 is 1.11 bits per heavy atom. The van der Waals surface area contributed by atoms with Gasteiger partial charge in [0.05, 0.1) is 12.6 Å². The van der Waals surface area contributed by atoms with E-state index in [4.69, 9.17) is 4.74 Å². The van der Waals surface area contributed by atoms with E-state index in [1.165, 1.54) is 4.90 Å². The molecule has 0 aliphatic carbocycles. The van der Waals surface area contributed by atoms with Gasteiger partial charge in [0.2, 0.25) is 0 Å². The maximum absolute atomic E-state index is 12.9. The van der Waals surface area contributed by atoms with E-state index in [-0.39, 0.29) is 24.1 Å². The number of rotatable bonds is 3. The second-order valence-electron chi connectivity index (χ2n) is 7.41. The van der Waals surface area contributed by atoms with Crippen LogP contribution in [0.4, 0.5) is 10.5 Å². The molecule has 0 aromatic heterocycles. The van der Waals surface area contributed by atoms with Gasteiger partial charge in [0.25, 0.3) is 5.91 Å². The van der Waals surface area contributed by atoms with Crippen molar-refractivity contribution in [1.29, 1.82) is 0 Å². The fourth-order valence-electron chi connectivity index (χ4n) is 3.31. The molecule has 1 saturated heterocycles. The van der Waals surface area contributed by atoms with Crippen LogP contribution in [-0.2, 0) is 4.74 Å². The monoisotopic (exact) mass is 381 g/mol. The molecule has 0 unspecified atom stereocenters. The highest BCUT2D eigenvalue weighted by atomic mass is 16.5. The number of aryl methyl sites for hydroxylation is 1. The molecule has 6 nitrogen and oxygen atoms in total. The number of carbonyl (C=O) groups is 2. The highest BCUT2D eigenvalue weighted by Crippen LogP contribution is 2.26. The predicted octanol–water partition coefficient (Wildman–Crippen LogP) is 3.69. The van der Waals surface area contributed by atoms with Gasteiger partial charge in [0.1, 0.15) is 6.10 Å². The summed E-state index contributed by atoms with van der Waals surface area (Å²) < 4.78 is 6.03. The molecule has 2 aromatic rings. The van der Waals surface area contributed by atoms with Crippen molar-refractivity contribution >= 4 is 17.6 Å². The van der Waals surface area contributed by atoms with Crippen molar-refractivity contribution in [3.63, 3.8) is 0 Å². The van der Waals surface area contributed by atoms with Crippen LogP contribution in [0.3, 0.4) is 0 Å². The van der Waals surface area contributed by atoms with E-state index in [2.05, 4.69) is 5.32 Å². The fourth-order valence-corrected chi connectivity index (χ4v) is 3.31. The quantitative estimate of drug-likeness (QED) is 0.882. The Balaban J connectivity index is 1.75. The van der Waals surface area contributed by atoms with Gasteiger partial charge in [-0.1, -0.05) is 36.4 Å². The summed E-state index contributed by atoms with van der Waals surface area (Å²) in [6.45, 7) is 4.88. The van der Waals surface area contributed by atoms with Gasteiger partial charge in [-0.25, -0.2) is 4.79 Å². The molecular formula is C22H27N3O3. The van der Waals surface area contributed by atoms with E-state index < -0.39 is 0 Å². The second kappa shape index (κ2) is 8.44. The number of amides is 3. The molecule has 0 saturated carbocycles. The van der Waals surface area contributed by atoms with Crippen LogP contribution in [0.2, 0.25) is 0 Å². The minimum atomic E-state index is -0.186. The van der Waals surface area contributed by atoms with Gasteiger partial charge < -0.3 is 19.9 Å². The summed E-state index contributed by atoms with van der Waals surface area (Å²) in [5.74, 6) is -0.0976. The molecule has 28 heavy (non-hydrogen) atoms. The van der Waals surface area contributed by atoms with E-state index >= 15 is 0 Å². The summed E-state index contributed by atoms with van der Waals surface area (Å²) in [7, 11) is 3.42. The molecule has 3 amide bonds. The number of hydrogen-bond donors (Lipinski definition) is 1. The lowest BCUT2D eigenvalue weighted by Gasteiger charge is -2.37. The third-order valence-corrected chi connectivity index (χ3v) is 4.85. The summed E-state index contributed by atoms with van der Waals surface area (Å²) in [5, 5.41) is 2.97. The van der Waals surface area contributed by atoms with Gasteiger partial charge in [-0.05, 0) is 37.1 Å². The van der Waals surface area contributed by atoms with Gasteiger partial charge in [-0.2, -0.15) is 0 Å². The van der Waals surface area contributed by atoms with Crippen molar-refractivity contribution in [2.24, 2.45) is 0 Å². The molecule has 2 atom stereocenters. The zero-order chi connectivity index (χ0) is 20.3. The molecule has 0 spiro atoms. The second-order valence-corrected chi connectivity index (χ2v) is 7.41. The number of nitrogens with zero attached hydrogens (tertiary/aromatic N) is 2. The molecule has 1 aliphatic rings. The third-order valence-electron chi connectivity index (χ3n) is 4.85. The number of nitrogens with one attached hydrogen (secondary N) is 1. The third kappa shape index (κ3) is 4.51. The van der Waals surface area contributed by atoms with Gasteiger partial charge in [-0.15, -0.1) is 0 Å². The fraction of sp³-hybridized carbons (Fsp3) is 0.364. The average Bonchev–Trinajstić information content (AvgIpc) is 2.69. The van der Waals surface area contributed by atoms with Crippen molar-refractivity contribution in [1.82, 2.24) is 9.80 Å². The summed E-state index contributed by atoms with van der Waals surface area (Å²) >= 11 is 0. The first-order chi connectivity index (χ1) is 13.3. The largest absolute Gasteiger partial charge is 0.367 e. The number of morpholine rings is 1. The molecule has 1 N–H and O–H groups in total. The maximum Gasteiger partial charge on any atom is 0.322 e. The Hall–Kier alpha value is -2.86. The van der Waals surface area contributed by atoms with Crippen LogP contribution in [0.1, 0.15) is 34.5 Å². The topological polar surface area (TPSA) is 61.9 Å². The standard InChI is InChI=1S/C22H27N3O3/c1-15-10-11-18(21(26)24(3)4)12-19(15)23-22(27)25-13-16(2)28-20(14-25)17-8-6-5-7-9-17/h5-12,16,20H,13-14H2,1-4H3,(H,23,27)/t16-,20+/m1/s1. The van der Waals surface area contributed by atoms with Crippen LogP contribution in [-0.4, -0.2) is 55.0 Å². The summed E-state index contributed by atoms with van der Waals surface area (Å²) in [6, 6.07) is 15.1. The predicted molar refractivity (Wildman–Crippen MR) is 110 cm³/mol. The number of hydrogen-bond acceptors (Lipinski definition) is 3. The maximum atomic E-state index is 12.9. The van der Waals surface area contributed by atoms with E-state index in [9.17, 15) is 9.59 Å². The average molecular weight is 381 g/mol. The number of anilines is 1. The molecule has 3 rings (SSSR count). The molecule has 2 aromatic carbocycles. The molecule has 1 fully saturated rings. The van der Waals surface area contributed by atoms with Crippen LogP contribution in [0.5, 0.6) is 0 Å². The number of ether oxygens (including phenoxy) is 1. The first-order valence-corrected chi connectivity index (χ1v) is 9.43. The van der Waals surface area contributed by atoms with Gasteiger partial charge in [0, 0.05) is 31.9 Å². The van der Waals surface area contributed by atoms with E-state index in [0.717, 1.165) is 11.1 Å². The highest BCUT2D eigenvalue weighted by molar-refractivity contribution is 5.97. The van der Waals surface area contributed by atoms with Crippen LogP contribution in [0, 0.1) is 6.92 Å². The zero-order valence-electron chi connectivity index (χ0n) is 16.8. The molecular weight excluding hydrogens is 354 g/mol. The normalized spacial score (nSPS) is 19.2. The number of urea groups is 1. The lowest BCUT2D eigenvalue weighted by molar-refractivity contribution is -0.0642. The van der Waals surface area contributed by atoms with Gasteiger partial charge in [0.15, 0.2) is 0 Å². The Morgan fingerprint density at radius 3 is 2.50 bits per heavy atom. The van der Waals surface area contributed by atoms with E-state index in [0.29, 0.717) is 24.3 Å². The Labute approximate surface area is 166 Å². The molecule has 0 radical (unpaired) electrons. The lowest BCUT2D eigenvalue weighted by atomic mass is 10.1. The zero-order valence-corrected chi connectivity index (χ0v) is 16.8. The minimum absolute atomic E-state index is 0.0625. The first-order valence-electron chi connectivity index (χ1n) is 9.43. The Kier molecular flexibility index (Phi) is 5.99. The van der Waals surface area contributed by atoms with Crippen molar-refractivity contribution in [3.05, 3.63) is 65.2 Å². The first kappa shape index (κ1) is 19.9. The smallest absolute Gasteiger partial charge is 0.322 e. The summed E-state index contributed by atoms with van der Waals surface area (Å²) in [5.41, 5.74) is 3.16. The minimum Gasteiger partial charge on any atom is -0.367 e. The SMILES string of the molecule is Cc1ccc(C(=O)N(C)C)cc1NC(=O)N1C[C@@H](C)O[C@H](c2ccccc2)C1. The van der Waals surface area contributed by atoms with Crippen LogP contribution < -0.4 is 5.32 Å². The van der Waals surface area contributed by atoms with Crippen molar-refractivity contribution in [3.8, 4) is 0 Å². The van der Waals surface area contributed by atoms with Gasteiger partial charge in [-0.3, -0.25) is 4.79 Å². The lowest BCUT2D eigenvalue weighted by Crippen LogP contribution is -2.47. The van der Waals surface area contributed by atoms with Crippen LogP contribution in [0.15, 0.2) is 48.5 Å². The number of carbonyl (C=O) groups excluding carboxylic acids is 2. The summed E-state index contributed by atoms with van der Waals surface area (Å²) in [6.07, 6.45) is -0.217. The number of benzene rings is 2. The Bertz CT molecular complexity index is 851. The van der Waals surface area contributed by atoms with Crippen molar-refractivity contribution in [2.75, 3.05) is 32.5 Å². The molecule has 0 bridgehead atoms. The van der Waals surface area contributed by atoms with Crippen LogP contribution >= 0.6 is 0 Å². The van der Waals surface area contributed by atoms with E-state index in [1.54, 1.807) is 31.1 Å². The van der Waals surface area contributed by atoms with Crippen molar-refractivity contribution in [2.45, 2.75) is 26.1 Å². The van der Waals surface area contributed by atoms with E-state index in [1.807, 2.05) is 50.2 Å². The van der Waals surface area contributed by atoms with Crippen LogP contribution in [0.25, 0.3) is 0 Å². The molecule has 1 aliphatic heterocycles. The molecule has 1 heterocycles. The van der Waals surface area contributed by atoms with Crippen molar-refractivity contribution < 1.29 is 14.3 Å². The molecule has 6 heteroatoms. The molecule has 148 valence electrons.